The zero-order valence-corrected chi connectivity index (χ0v) is 15.3. The predicted octanol–water partition coefficient (Wildman–Crippen LogP) is 5.42. The van der Waals surface area contributed by atoms with Crippen LogP contribution in [0.3, 0.4) is 0 Å². The average molecular weight is 367 g/mol. The maximum Gasteiger partial charge on any atom is 0.231 e. The number of hydrogen-bond acceptors (Lipinski definition) is 4. The highest BCUT2D eigenvalue weighted by Gasteiger charge is 2.31. The Morgan fingerprint density at radius 3 is 2.46 bits per heavy atom. The summed E-state index contributed by atoms with van der Waals surface area (Å²) in [5.74, 6) is 2.38. The van der Waals surface area contributed by atoms with E-state index in [1.54, 1.807) is 0 Å². The Morgan fingerprint density at radius 1 is 0.857 bits per heavy atom. The van der Waals surface area contributed by atoms with E-state index in [0.717, 1.165) is 56.1 Å². The highest BCUT2D eigenvalue weighted by Crippen LogP contribution is 2.47. The van der Waals surface area contributed by atoms with E-state index in [1.807, 2.05) is 48.5 Å². The maximum absolute atomic E-state index is 6.47. The van der Waals surface area contributed by atoms with Crippen molar-refractivity contribution in [2.24, 2.45) is 0 Å². The van der Waals surface area contributed by atoms with Gasteiger partial charge < -0.3 is 14.2 Å². The zero-order chi connectivity index (χ0) is 18.7. The lowest BCUT2D eigenvalue weighted by Gasteiger charge is -2.30. The standard InChI is InChI=1S/C24H17NO3/c1-14-17-11-20-21(27-13-26-20)12-18(17)25-23-16-9-5-6-10-19(16)28-24(22(14)23)15-7-3-2-4-8-15/h2-12,24H,13H2,1H3/t24-/m0/s1. The molecule has 1 atom stereocenters. The van der Waals surface area contributed by atoms with Gasteiger partial charge in [0, 0.05) is 22.6 Å². The number of rotatable bonds is 1. The molecule has 0 amide bonds. The van der Waals surface area contributed by atoms with E-state index in [9.17, 15) is 0 Å². The van der Waals surface area contributed by atoms with Crippen LogP contribution in [0.5, 0.6) is 17.2 Å². The van der Waals surface area contributed by atoms with E-state index in [-0.39, 0.29) is 12.9 Å². The Hall–Kier alpha value is -3.53. The summed E-state index contributed by atoms with van der Waals surface area (Å²) >= 11 is 0. The number of para-hydroxylation sites is 1. The molecule has 3 aromatic carbocycles. The number of hydrogen-bond donors (Lipinski definition) is 0. The van der Waals surface area contributed by atoms with Crippen LogP contribution in [-0.2, 0) is 0 Å². The van der Waals surface area contributed by atoms with Gasteiger partial charge >= 0.3 is 0 Å². The second-order valence-corrected chi connectivity index (χ2v) is 7.13. The fraction of sp³-hybridized carbons (Fsp3) is 0.125. The van der Waals surface area contributed by atoms with Gasteiger partial charge in [0.25, 0.3) is 0 Å². The molecule has 6 rings (SSSR count). The topological polar surface area (TPSA) is 40.6 Å². The lowest BCUT2D eigenvalue weighted by molar-refractivity contribution is 0.174. The van der Waals surface area contributed by atoms with Crippen molar-refractivity contribution < 1.29 is 14.2 Å². The second-order valence-electron chi connectivity index (χ2n) is 7.13. The molecule has 1 aromatic heterocycles. The molecule has 2 aliphatic heterocycles. The first-order valence-corrected chi connectivity index (χ1v) is 9.34. The Labute approximate surface area is 162 Å². The van der Waals surface area contributed by atoms with E-state index < -0.39 is 0 Å². The van der Waals surface area contributed by atoms with E-state index in [2.05, 4.69) is 25.1 Å². The molecule has 0 fully saturated rings. The van der Waals surface area contributed by atoms with Gasteiger partial charge in [0.1, 0.15) is 5.75 Å². The van der Waals surface area contributed by atoms with E-state index in [0.29, 0.717) is 0 Å². The van der Waals surface area contributed by atoms with Gasteiger partial charge in [0.2, 0.25) is 6.79 Å². The first-order valence-electron chi connectivity index (χ1n) is 9.34. The Morgan fingerprint density at radius 2 is 1.61 bits per heavy atom. The van der Waals surface area contributed by atoms with Crippen LogP contribution in [0, 0.1) is 6.92 Å². The molecule has 0 unspecified atom stereocenters. The number of ether oxygens (including phenoxy) is 3. The minimum absolute atomic E-state index is 0.201. The van der Waals surface area contributed by atoms with Gasteiger partial charge in [-0.05, 0) is 36.2 Å². The Bertz CT molecular complexity index is 1230. The molecule has 0 radical (unpaired) electrons. The van der Waals surface area contributed by atoms with Gasteiger partial charge in [0.15, 0.2) is 17.6 Å². The van der Waals surface area contributed by atoms with Crippen molar-refractivity contribution in [2.45, 2.75) is 13.0 Å². The summed E-state index contributed by atoms with van der Waals surface area (Å²) in [6.07, 6.45) is -0.201. The lowest BCUT2D eigenvalue weighted by atomic mass is 9.88. The normalized spacial score (nSPS) is 16.4. The summed E-state index contributed by atoms with van der Waals surface area (Å²) in [5, 5.41) is 1.06. The highest BCUT2D eigenvalue weighted by atomic mass is 16.7. The molecular formula is C24H17NO3. The Balaban J connectivity index is 1.69. The third-order valence-corrected chi connectivity index (χ3v) is 5.54. The van der Waals surface area contributed by atoms with Crippen molar-refractivity contribution in [1.29, 1.82) is 0 Å². The minimum atomic E-state index is -0.201. The molecule has 0 saturated heterocycles. The Kier molecular flexibility index (Phi) is 3.18. The van der Waals surface area contributed by atoms with Gasteiger partial charge in [0.05, 0.1) is 11.2 Å². The van der Waals surface area contributed by atoms with E-state index >= 15 is 0 Å². The zero-order valence-electron chi connectivity index (χ0n) is 15.3. The van der Waals surface area contributed by atoms with Crippen LogP contribution < -0.4 is 14.2 Å². The van der Waals surface area contributed by atoms with Crippen molar-refractivity contribution in [3.63, 3.8) is 0 Å². The first kappa shape index (κ1) is 15.5. The summed E-state index contributed by atoms with van der Waals surface area (Å²) in [6.45, 7) is 2.39. The quantitative estimate of drug-likeness (QED) is 0.450. The molecular weight excluding hydrogens is 350 g/mol. The van der Waals surface area contributed by atoms with Gasteiger partial charge in [-0.25, -0.2) is 4.98 Å². The van der Waals surface area contributed by atoms with Crippen molar-refractivity contribution in [3.05, 3.63) is 83.4 Å². The van der Waals surface area contributed by atoms with E-state index in [4.69, 9.17) is 19.2 Å². The predicted molar refractivity (Wildman–Crippen MR) is 107 cm³/mol. The first-order chi connectivity index (χ1) is 13.8. The molecule has 28 heavy (non-hydrogen) atoms. The van der Waals surface area contributed by atoms with Crippen LogP contribution >= 0.6 is 0 Å². The SMILES string of the molecule is Cc1c2c(nc3cc4c(cc13)OCO4)-c1ccccc1O[C@H]2c1ccccc1. The lowest BCUT2D eigenvalue weighted by Crippen LogP contribution is -2.18. The summed E-state index contributed by atoms with van der Waals surface area (Å²) < 4.78 is 17.6. The van der Waals surface area contributed by atoms with Crippen molar-refractivity contribution >= 4 is 10.9 Å². The van der Waals surface area contributed by atoms with Gasteiger partial charge in [-0.2, -0.15) is 0 Å². The summed E-state index contributed by atoms with van der Waals surface area (Å²) in [5.41, 5.74) is 6.28. The molecule has 4 aromatic rings. The minimum Gasteiger partial charge on any atom is -0.480 e. The molecule has 3 heterocycles. The van der Waals surface area contributed by atoms with Crippen molar-refractivity contribution in [2.75, 3.05) is 6.79 Å². The largest absolute Gasteiger partial charge is 0.480 e. The monoisotopic (exact) mass is 367 g/mol. The van der Waals surface area contributed by atoms with Crippen molar-refractivity contribution in [1.82, 2.24) is 4.98 Å². The molecule has 2 aliphatic rings. The van der Waals surface area contributed by atoms with Crippen LogP contribution in [-0.4, -0.2) is 11.8 Å². The molecule has 0 aliphatic carbocycles. The highest BCUT2D eigenvalue weighted by molar-refractivity contribution is 5.91. The number of fused-ring (bicyclic) bond motifs is 5. The molecule has 0 spiro atoms. The number of aryl methyl sites for hydroxylation is 1. The second kappa shape index (κ2) is 5.73. The van der Waals surface area contributed by atoms with Crippen molar-refractivity contribution in [3.8, 4) is 28.5 Å². The van der Waals surface area contributed by atoms with Crippen LogP contribution in [0.4, 0.5) is 0 Å². The van der Waals surface area contributed by atoms with Crippen LogP contribution in [0.2, 0.25) is 0 Å². The summed E-state index contributed by atoms with van der Waals surface area (Å²) in [7, 11) is 0. The number of nitrogens with zero attached hydrogens (tertiary/aromatic N) is 1. The molecule has 0 N–H and O–H groups in total. The fourth-order valence-electron chi connectivity index (χ4n) is 4.17. The van der Waals surface area contributed by atoms with Crippen LogP contribution in [0.15, 0.2) is 66.7 Å². The third-order valence-electron chi connectivity index (χ3n) is 5.54. The summed E-state index contributed by atoms with van der Waals surface area (Å²) in [6, 6.07) is 22.4. The number of benzene rings is 3. The van der Waals surface area contributed by atoms with Crippen LogP contribution in [0.25, 0.3) is 22.2 Å². The van der Waals surface area contributed by atoms with Gasteiger partial charge in [-0.3, -0.25) is 0 Å². The summed E-state index contributed by atoms with van der Waals surface area (Å²) in [4.78, 5) is 5.06. The molecule has 4 nitrogen and oxygen atoms in total. The van der Waals surface area contributed by atoms with Gasteiger partial charge in [-0.15, -0.1) is 0 Å². The van der Waals surface area contributed by atoms with E-state index in [1.165, 1.54) is 0 Å². The fourth-order valence-corrected chi connectivity index (χ4v) is 4.17. The molecule has 4 heteroatoms. The third kappa shape index (κ3) is 2.15. The molecule has 0 bridgehead atoms. The van der Waals surface area contributed by atoms with Crippen LogP contribution in [0.1, 0.15) is 22.8 Å². The smallest absolute Gasteiger partial charge is 0.231 e. The number of pyridine rings is 1. The number of aromatic nitrogens is 1. The molecule has 136 valence electrons. The molecule has 0 saturated carbocycles. The average Bonchev–Trinajstić information content (AvgIpc) is 3.20. The maximum atomic E-state index is 6.47. The van der Waals surface area contributed by atoms with Gasteiger partial charge in [-0.1, -0.05) is 42.5 Å².